The largest absolute Gasteiger partial charge is 0.481 e. The summed E-state index contributed by atoms with van der Waals surface area (Å²) in [5.74, 6) is -2.21. The number of nitrogens with two attached hydrogens (primary N) is 1. The molecule has 2 atom stereocenters. The molecule has 19 heavy (non-hydrogen) atoms. The van der Waals surface area contributed by atoms with Gasteiger partial charge in [-0.05, 0) is 33.1 Å². The van der Waals surface area contributed by atoms with E-state index in [4.69, 9.17) is 10.8 Å². The van der Waals surface area contributed by atoms with Crippen LogP contribution in [-0.2, 0) is 14.4 Å². The lowest BCUT2D eigenvalue weighted by Crippen LogP contribution is -2.44. The van der Waals surface area contributed by atoms with Crippen molar-refractivity contribution in [3.63, 3.8) is 0 Å². The lowest BCUT2D eigenvalue weighted by molar-refractivity contribution is -0.144. The van der Waals surface area contributed by atoms with Gasteiger partial charge >= 0.3 is 5.97 Å². The minimum absolute atomic E-state index is 0.176. The monoisotopic (exact) mass is 270 g/mol. The molecule has 0 heterocycles. The van der Waals surface area contributed by atoms with Crippen LogP contribution in [0.4, 0.5) is 0 Å². The molecule has 0 aromatic rings. The van der Waals surface area contributed by atoms with Gasteiger partial charge in [0.1, 0.15) is 0 Å². The van der Waals surface area contributed by atoms with Gasteiger partial charge in [-0.25, -0.2) is 0 Å². The zero-order chi connectivity index (χ0) is 14.6. The van der Waals surface area contributed by atoms with Gasteiger partial charge in [0.05, 0.1) is 11.3 Å². The number of carboxylic acid groups (broad SMARTS) is 1. The molecule has 4 N–H and O–H groups in total. The second kappa shape index (κ2) is 6.04. The minimum Gasteiger partial charge on any atom is -0.481 e. The molecule has 1 rings (SSSR count). The fourth-order valence-corrected chi connectivity index (χ4v) is 2.19. The Kier molecular flexibility index (Phi) is 4.91. The molecule has 1 fully saturated rings. The van der Waals surface area contributed by atoms with Crippen LogP contribution in [0.15, 0.2) is 0 Å². The number of carbonyl (C=O) groups excluding carboxylic acids is 2. The zero-order valence-electron chi connectivity index (χ0n) is 11.4. The SMILES string of the molecule is CC(C)(CNC(=O)C1CCCC(C(=O)O)C1)C(N)=O. The molecular weight excluding hydrogens is 248 g/mol. The van der Waals surface area contributed by atoms with Gasteiger partial charge in [0, 0.05) is 12.5 Å². The van der Waals surface area contributed by atoms with E-state index in [1.807, 2.05) is 0 Å². The van der Waals surface area contributed by atoms with Crippen molar-refractivity contribution in [1.82, 2.24) is 5.32 Å². The van der Waals surface area contributed by atoms with Gasteiger partial charge in [-0.2, -0.15) is 0 Å². The van der Waals surface area contributed by atoms with Crippen molar-refractivity contribution >= 4 is 17.8 Å². The minimum atomic E-state index is -0.838. The first-order chi connectivity index (χ1) is 8.74. The standard InChI is InChI=1S/C13H22N2O4/c1-13(2,12(14)19)7-15-10(16)8-4-3-5-9(6-8)11(17)18/h8-9H,3-7H2,1-2H3,(H2,14,19)(H,15,16)(H,17,18). The topological polar surface area (TPSA) is 109 Å². The summed E-state index contributed by atoms with van der Waals surface area (Å²) in [6, 6.07) is 0. The van der Waals surface area contributed by atoms with Crippen LogP contribution < -0.4 is 11.1 Å². The molecule has 6 heteroatoms. The number of aliphatic carboxylic acids is 1. The summed E-state index contributed by atoms with van der Waals surface area (Å²) in [5, 5.41) is 11.7. The van der Waals surface area contributed by atoms with E-state index in [0.29, 0.717) is 19.3 Å². The lowest BCUT2D eigenvalue weighted by atomic mass is 9.81. The van der Waals surface area contributed by atoms with Gasteiger partial charge in [0.15, 0.2) is 0 Å². The summed E-state index contributed by atoms with van der Waals surface area (Å²) < 4.78 is 0. The Morgan fingerprint density at radius 3 is 2.37 bits per heavy atom. The zero-order valence-corrected chi connectivity index (χ0v) is 11.4. The van der Waals surface area contributed by atoms with Crippen molar-refractivity contribution in [1.29, 1.82) is 0 Å². The van der Waals surface area contributed by atoms with Crippen molar-refractivity contribution in [3.05, 3.63) is 0 Å². The second-order valence-corrected chi connectivity index (χ2v) is 5.86. The molecule has 0 aliphatic heterocycles. The third-order valence-corrected chi connectivity index (χ3v) is 3.77. The molecular formula is C13H22N2O4. The first-order valence-electron chi connectivity index (χ1n) is 6.54. The fraction of sp³-hybridized carbons (Fsp3) is 0.769. The van der Waals surface area contributed by atoms with E-state index in [-0.39, 0.29) is 18.4 Å². The average molecular weight is 270 g/mol. The normalized spacial score (nSPS) is 23.7. The van der Waals surface area contributed by atoms with Crippen LogP contribution in [0.5, 0.6) is 0 Å². The molecule has 0 spiro atoms. The smallest absolute Gasteiger partial charge is 0.306 e. The number of amides is 2. The van der Waals surface area contributed by atoms with Crippen LogP contribution in [0.2, 0.25) is 0 Å². The molecule has 1 saturated carbocycles. The summed E-state index contributed by atoms with van der Waals surface area (Å²) in [6.45, 7) is 3.50. The molecule has 0 aromatic heterocycles. The van der Waals surface area contributed by atoms with Gasteiger partial charge < -0.3 is 16.2 Å². The second-order valence-electron chi connectivity index (χ2n) is 5.86. The van der Waals surface area contributed by atoms with Crippen LogP contribution in [0.25, 0.3) is 0 Å². The van der Waals surface area contributed by atoms with E-state index in [1.165, 1.54) is 0 Å². The van der Waals surface area contributed by atoms with Gasteiger partial charge in [0.25, 0.3) is 0 Å². The van der Waals surface area contributed by atoms with Gasteiger partial charge in [-0.15, -0.1) is 0 Å². The summed E-state index contributed by atoms with van der Waals surface area (Å²) in [5.41, 5.74) is 4.43. The number of nitrogens with one attached hydrogen (secondary N) is 1. The van der Waals surface area contributed by atoms with Gasteiger partial charge in [-0.3, -0.25) is 14.4 Å². The van der Waals surface area contributed by atoms with Crippen molar-refractivity contribution in [2.75, 3.05) is 6.54 Å². The fourth-order valence-electron chi connectivity index (χ4n) is 2.19. The Hall–Kier alpha value is -1.59. The van der Waals surface area contributed by atoms with Crippen molar-refractivity contribution in [3.8, 4) is 0 Å². The van der Waals surface area contributed by atoms with E-state index < -0.39 is 23.2 Å². The number of hydrogen-bond donors (Lipinski definition) is 3. The van der Waals surface area contributed by atoms with Gasteiger partial charge in [0.2, 0.25) is 11.8 Å². The molecule has 0 radical (unpaired) electrons. The van der Waals surface area contributed by atoms with E-state index in [1.54, 1.807) is 13.8 Å². The van der Waals surface area contributed by atoms with E-state index in [0.717, 1.165) is 6.42 Å². The Bertz CT molecular complexity index is 379. The van der Waals surface area contributed by atoms with Crippen LogP contribution >= 0.6 is 0 Å². The number of carbonyl (C=O) groups is 3. The highest BCUT2D eigenvalue weighted by Crippen LogP contribution is 2.29. The third-order valence-electron chi connectivity index (χ3n) is 3.77. The molecule has 1 aliphatic carbocycles. The molecule has 2 amide bonds. The van der Waals surface area contributed by atoms with Crippen LogP contribution in [0, 0.1) is 17.3 Å². The molecule has 6 nitrogen and oxygen atoms in total. The molecule has 0 aromatic carbocycles. The summed E-state index contributed by atoms with van der Waals surface area (Å²) in [6.07, 6.45) is 2.45. The number of hydrogen-bond acceptors (Lipinski definition) is 3. The summed E-state index contributed by atoms with van der Waals surface area (Å²) in [7, 11) is 0. The van der Waals surface area contributed by atoms with E-state index in [2.05, 4.69) is 5.32 Å². The summed E-state index contributed by atoms with van der Waals surface area (Å²) >= 11 is 0. The summed E-state index contributed by atoms with van der Waals surface area (Å²) in [4.78, 5) is 34.1. The van der Waals surface area contributed by atoms with Crippen molar-refractivity contribution in [2.24, 2.45) is 23.0 Å². The molecule has 0 saturated heterocycles. The number of rotatable bonds is 5. The van der Waals surface area contributed by atoms with E-state index >= 15 is 0 Å². The molecule has 0 bridgehead atoms. The Labute approximate surface area is 112 Å². The third kappa shape index (κ3) is 4.22. The van der Waals surface area contributed by atoms with Crippen LogP contribution in [-0.4, -0.2) is 29.4 Å². The van der Waals surface area contributed by atoms with E-state index in [9.17, 15) is 14.4 Å². The Morgan fingerprint density at radius 2 is 1.84 bits per heavy atom. The quantitative estimate of drug-likeness (QED) is 0.676. The highest BCUT2D eigenvalue weighted by Gasteiger charge is 2.32. The maximum Gasteiger partial charge on any atom is 0.306 e. The van der Waals surface area contributed by atoms with Crippen LogP contribution in [0.3, 0.4) is 0 Å². The Balaban J connectivity index is 2.50. The van der Waals surface area contributed by atoms with Gasteiger partial charge in [-0.1, -0.05) is 6.42 Å². The maximum atomic E-state index is 12.0. The first-order valence-corrected chi connectivity index (χ1v) is 6.54. The van der Waals surface area contributed by atoms with Crippen LogP contribution in [0.1, 0.15) is 39.5 Å². The van der Waals surface area contributed by atoms with Crippen molar-refractivity contribution in [2.45, 2.75) is 39.5 Å². The Morgan fingerprint density at radius 1 is 1.26 bits per heavy atom. The molecule has 108 valence electrons. The van der Waals surface area contributed by atoms with Crippen molar-refractivity contribution < 1.29 is 19.5 Å². The average Bonchev–Trinajstić information content (AvgIpc) is 2.36. The number of primary amides is 1. The highest BCUT2D eigenvalue weighted by atomic mass is 16.4. The highest BCUT2D eigenvalue weighted by molar-refractivity contribution is 5.83. The number of carboxylic acids is 1. The molecule has 2 unspecified atom stereocenters. The first kappa shape index (κ1) is 15.5. The maximum absolute atomic E-state index is 12.0. The predicted molar refractivity (Wildman–Crippen MR) is 69.1 cm³/mol. The molecule has 1 aliphatic rings. The predicted octanol–water partition coefficient (Wildman–Crippen LogP) is 0.505. The lowest BCUT2D eigenvalue weighted by Gasteiger charge is -2.27.